The molecule has 0 aliphatic carbocycles. The molecule has 176 valence electrons. The van der Waals surface area contributed by atoms with E-state index in [-0.39, 0.29) is 19.0 Å². The molecule has 0 bridgehead atoms. The molecule has 3 rings (SSSR count). The summed E-state index contributed by atoms with van der Waals surface area (Å²) >= 11 is 3.46. The van der Waals surface area contributed by atoms with Gasteiger partial charge in [-0.15, -0.1) is 0 Å². The van der Waals surface area contributed by atoms with Crippen LogP contribution in [0.1, 0.15) is 23.6 Å². The molecule has 9 heteroatoms. The monoisotopic (exact) mass is 527 g/mol. The van der Waals surface area contributed by atoms with Crippen molar-refractivity contribution in [2.75, 3.05) is 6.61 Å². The van der Waals surface area contributed by atoms with Gasteiger partial charge in [-0.05, 0) is 63.8 Å². The zero-order valence-corrected chi connectivity index (χ0v) is 20.0. The molecular weight excluding hydrogens is 505 g/mol. The van der Waals surface area contributed by atoms with E-state index in [4.69, 9.17) is 9.47 Å². The van der Waals surface area contributed by atoms with Crippen LogP contribution in [0.5, 0.6) is 11.5 Å². The zero-order chi connectivity index (χ0) is 24.3. The van der Waals surface area contributed by atoms with Gasteiger partial charge < -0.3 is 14.8 Å². The van der Waals surface area contributed by atoms with E-state index in [0.717, 1.165) is 11.1 Å². The second-order valence-electron chi connectivity index (χ2n) is 7.05. The maximum Gasteiger partial charge on any atom is 0.329 e. The van der Waals surface area contributed by atoms with Gasteiger partial charge in [0.25, 0.3) is 0 Å². The van der Waals surface area contributed by atoms with Crippen molar-refractivity contribution in [3.05, 3.63) is 93.7 Å². The van der Waals surface area contributed by atoms with Crippen LogP contribution >= 0.6 is 15.9 Å². The van der Waals surface area contributed by atoms with Crippen molar-refractivity contribution in [1.82, 2.24) is 10.7 Å². The zero-order valence-electron chi connectivity index (χ0n) is 18.4. The summed E-state index contributed by atoms with van der Waals surface area (Å²) in [6, 6.07) is 18.7. The van der Waals surface area contributed by atoms with Crippen LogP contribution < -0.4 is 20.2 Å². The molecule has 0 fully saturated rings. The molecule has 0 heterocycles. The number of benzene rings is 3. The van der Waals surface area contributed by atoms with Crippen LogP contribution in [0.25, 0.3) is 0 Å². The SMILES string of the molecule is CCOc1cc(/C=N/NC(=O)C(=O)NCc2ccccc2)cc(Br)c1OCc1ccc(F)cc1. The summed E-state index contributed by atoms with van der Waals surface area (Å²) in [5.74, 6) is -1.04. The van der Waals surface area contributed by atoms with E-state index in [2.05, 4.69) is 31.8 Å². The fourth-order valence-corrected chi connectivity index (χ4v) is 3.45. The Morgan fingerprint density at radius 1 is 1.00 bits per heavy atom. The third kappa shape index (κ3) is 7.41. The molecule has 2 N–H and O–H groups in total. The number of amides is 2. The lowest BCUT2D eigenvalue weighted by atomic mass is 10.2. The molecule has 34 heavy (non-hydrogen) atoms. The van der Waals surface area contributed by atoms with E-state index in [9.17, 15) is 14.0 Å². The van der Waals surface area contributed by atoms with Gasteiger partial charge in [0.15, 0.2) is 11.5 Å². The Balaban J connectivity index is 1.60. The first-order valence-electron chi connectivity index (χ1n) is 10.4. The van der Waals surface area contributed by atoms with Crippen molar-refractivity contribution < 1.29 is 23.5 Å². The summed E-state index contributed by atoms with van der Waals surface area (Å²) in [4.78, 5) is 23.9. The third-order valence-corrected chi connectivity index (χ3v) is 5.10. The molecule has 0 saturated heterocycles. The Hall–Kier alpha value is -3.72. The Kier molecular flexibility index (Phi) is 9.16. The predicted molar refractivity (Wildman–Crippen MR) is 130 cm³/mol. The van der Waals surface area contributed by atoms with Crippen molar-refractivity contribution >= 4 is 34.0 Å². The minimum atomic E-state index is -0.879. The molecule has 0 aliphatic heterocycles. The smallest absolute Gasteiger partial charge is 0.329 e. The Morgan fingerprint density at radius 2 is 1.74 bits per heavy atom. The highest BCUT2D eigenvalue weighted by Crippen LogP contribution is 2.37. The second-order valence-corrected chi connectivity index (χ2v) is 7.90. The normalized spacial score (nSPS) is 10.7. The molecule has 0 aliphatic rings. The number of hydrogen-bond acceptors (Lipinski definition) is 5. The molecule has 0 atom stereocenters. The van der Waals surface area contributed by atoms with Crippen molar-refractivity contribution in [2.45, 2.75) is 20.1 Å². The molecule has 3 aromatic carbocycles. The average molecular weight is 528 g/mol. The van der Waals surface area contributed by atoms with Gasteiger partial charge in [-0.25, -0.2) is 9.82 Å². The van der Waals surface area contributed by atoms with Gasteiger partial charge in [-0.1, -0.05) is 42.5 Å². The fourth-order valence-electron chi connectivity index (χ4n) is 2.88. The lowest BCUT2D eigenvalue weighted by Crippen LogP contribution is -2.37. The Morgan fingerprint density at radius 3 is 2.44 bits per heavy atom. The van der Waals surface area contributed by atoms with Crippen molar-refractivity contribution in [3.63, 3.8) is 0 Å². The van der Waals surface area contributed by atoms with Crippen molar-refractivity contribution in [2.24, 2.45) is 5.10 Å². The maximum atomic E-state index is 13.1. The van der Waals surface area contributed by atoms with Crippen LogP contribution in [0.4, 0.5) is 4.39 Å². The first-order valence-corrected chi connectivity index (χ1v) is 11.2. The number of carbonyl (C=O) groups is 2. The topological polar surface area (TPSA) is 89.0 Å². The van der Waals surface area contributed by atoms with Gasteiger partial charge in [-0.3, -0.25) is 9.59 Å². The summed E-state index contributed by atoms with van der Waals surface area (Å²) in [6.07, 6.45) is 1.39. The fraction of sp³-hybridized carbons (Fsp3) is 0.160. The number of hydrazone groups is 1. The van der Waals surface area contributed by atoms with E-state index in [1.165, 1.54) is 18.3 Å². The van der Waals surface area contributed by atoms with E-state index < -0.39 is 11.8 Å². The van der Waals surface area contributed by atoms with Crippen molar-refractivity contribution in [1.29, 1.82) is 0 Å². The standard InChI is InChI=1S/C25H23BrFN3O4/c1-2-33-22-13-19(12-21(26)23(22)34-16-18-8-10-20(27)11-9-18)15-29-30-25(32)24(31)28-14-17-6-4-3-5-7-17/h3-13,15H,2,14,16H2,1H3,(H,28,31)(H,30,32)/b29-15+. The second kappa shape index (κ2) is 12.5. The lowest BCUT2D eigenvalue weighted by molar-refractivity contribution is -0.139. The van der Waals surface area contributed by atoms with Crippen LogP contribution in [-0.4, -0.2) is 24.6 Å². The highest BCUT2D eigenvalue weighted by Gasteiger charge is 2.14. The first-order chi connectivity index (χ1) is 16.5. The molecule has 7 nitrogen and oxygen atoms in total. The Bertz CT molecular complexity index is 1150. The van der Waals surface area contributed by atoms with E-state index in [1.54, 1.807) is 24.3 Å². The van der Waals surface area contributed by atoms with Gasteiger partial charge in [0.2, 0.25) is 0 Å². The molecule has 0 saturated carbocycles. The number of rotatable bonds is 9. The number of nitrogens with one attached hydrogen (secondary N) is 2. The molecule has 0 aromatic heterocycles. The predicted octanol–water partition coefficient (Wildman–Crippen LogP) is 4.33. The number of ether oxygens (including phenoxy) is 2. The summed E-state index contributed by atoms with van der Waals surface area (Å²) in [5.41, 5.74) is 4.49. The number of carbonyl (C=O) groups excluding carboxylic acids is 2. The van der Waals surface area contributed by atoms with Gasteiger partial charge in [0.1, 0.15) is 12.4 Å². The summed E-state index contributed by atoms with van der Waals surface area (Å²) in [6.45, 7) is 2.70. The average Bonchev–Trinajstić information content (AvgIpc) is 2.84. The first kappa shape index (κ1) is 24.9. The minimum Gasteiger partial charge on any atom is -0.490 e. The van der Waals surface area contributed by atoms with Crippen LogP contribution in [0, 0.1) is 5.82 Å². The highest BCUT2D eigenvalue weighted by atomic mass is 79.9. The van der Waals surface area contributed by atoms with Gasteiger partial charge in [0, 0.05) is 6.54 Å². The van der Waals surface area contributed by atoms with Crippen molar-refractivity contribution in [3.8, 4) is 11.5 Å². The van der Waals surface area contributed by atoms with Crippen LogP contribution in [0.3, 0.4) is 0 Å². The summed E-state index contributed by atoms with van der Waals surface area (Å²) in [7, 11) is 0. The molecular formula is C25H23BrFN3O4. The van der Waals surface area contributed by atoms with Gasteiger partial charge in [-0.2, -0.15) is 5.10 Å². The van der Waals surface area contributed by atoms with E-state index in [0.29, 0.717) is 28.1 Å². The number of halogens is 2. The Labute approximate surface area is 205 Å². The lowest BCUT2D eigenvalue weighted by Gasteiger charge is -2.14. The molecule has 0 unspecified atom stereocenters. The summed E-state index contributed by atoms with van der Waals surface area (Å²) < 4.78 is 25.3. The molecule has 0 radical (unpaired) electrons. The molecule has 0 spiro atoms. The van der Waals surface area contributed by atoms with Crippen LogP contribution in [0.2, 0.25) is 0 Å². The van der Waals surface area contributed by atoms with Crippen LogP contribution in [0.15, 0.2) is 76.3 Å². The van der Waals surface area contributed by atoms with Gasteiger partial charge >= 0.3 is 11.8 Å². The molecule has 3 aromatic rings. The third-order valence-electron chi connectivity index (χ3n) is 4.51. The minimum absolute atomic E-state index is 0.223. The highest BCUT2D eigenvalue weighted by molar-refractivity contribution is 9.10. The number of nitrogens with zero attached hydrogens (tertiary/aromatic N) is 1. The maximum absolute atomic E-state index is 13.1. The quantitative estimate of drug-likeness (QED) is 0.246. The summed E-state index contributed by atoms with van der Waals surface area (Å²) in [5, 5.41) is 6.38. The van der Waals surface area contributed by atoms with Gasteiger partial charge in [0.05, 0.1) is 17.3 Å². The van der Waals surface area contributed by atoms with E-state index >= 15 is 0 Å². The molecule has 2 amide bonds. The number of hydrogen-bond donors (Lipinski definition) is 2. The largest absolute Gasteiger partial charge is 0.490 e. The van der Waals surface area contributed by atoms with Crippen LogP contribution in [-0.2, 0) is 22.7 Å². The van der Waals surface area contributed by atoms with E-state index in [1.807, 2.05) is 37.3 Å².